The molecule has 2 bridgehead atoms. The molecule has 2 heterocycles. The van der Waals surface area contributed by atoms with Gasteiger partial charge in [-0.25, -0.2) is 15.0 Å². The maximum atomic E-state index is 13.9. The van der Waals surface area contributed by atoms with Crippen LogP contribution in [0.15, 0.2) is 24.4 Å². The van der Waals surface area contributed by atoms with E-state index >= 15 is 0 Å². The van der Waals surface area contributed by atoms with E-state index in [-0.39, 0.29) is 16.7 Å². The number of carbonyl (C=O) groups is 1. The summed E-state index contributed by atoms with van der Waals surface area (Å²) in [4.78, 5) is 28.3. The number of hydrogen-bond donors (Lipinski definition) is 1. The quantitative estimate of drug-likeness (QED) is 0.521. The molecule has 7 heteroatoms. The van der Waals surface area contributed by atoms with E-state index in [1.807, 2.05) is 0 Å². The summed E-state index contributed by atoms with van der Waals surface area (Å²) in [6, 6.07) is 5.72. The molecular weight excluding hydrogens is 431 g/mol. The largest absolute Gasteiger partial charge is 0.309 e. The average Bonchev–Trinajstić information content (AvgIpc) is 2.99. The third kappa shape index (κ3) is 2.50. The number of nitrogens with zero attached hydrogens (tertiary/aromatic N) is 3. The number of aromatic nitrogens is 3. The highest BCUT2D eigenvalue weighted by Gasteiger charge is 2.73. The van der Waals surface area contributed by atoms with Gasteiger partial charge in [-0.05, 0) is 61.4 Å². The molecule has 0 aliphatic heterocycles. The number of anilines is 1. The number of carbonyl (C=O) groups excluding carboxylic acids is 1. The zero-order chi connectivity index (χ0) is 22.3. The molecule has 2 aliphatic carbocycles. The number of benzene rings is 1. The Morgan fingerprint density at radius 2 is 1.58 bits per heavy atom. The molecule has 3 aromatic rings. The summed E-state index contributed by atoms with van der Waals surface area (Å²) in [7, 11) is 0. The van der Waals surface area contributed by atoms with Gasteiger partial charge in [-0.3, -0.25) is 4.79 Å². The summed E-state index contributed by atoms with van der Waals surface area (Å²) in [6.07, 6.45) is 3.05. The number of nitrogens with one attached hydrogen (secondary N) is 1. The number of rotatable bonds is 2. The van der Waals surface area contributed by atoms with E-state index in [0.717, 1.165) is 34.4 Å². The molecule has 160 valence electrons. The molecule has 1 fully saturated rings. The van der Waals surface area contributed by atoms with Crippen molar-refractivity contribution in [3.8, 4) is 0 Å². The van der Waals surface area contributed by atoms with E-state index in [1.54, 1.807) is 6.07 Å². The van der Waals surface area contributed by atoms with E-state index in [2.05, 4.69) is 57.1 Å². The van der Waals surface area contributed by atoms with Crippen molar-refractivity contribution in [2.24, 2.45) is 5.41 Å². The molecule has 2 aliphatic rings. The van der Waals surface area contributed by atoms with Crippen LogP contribution in [0.5, 0.6) is 0 Å². The van der Waals surface area contributed by atoms with Crippen LogP contribution in [0, 0.1) is 19.3 Å². The van der Waals surface area contributed by atoms with Gasteiger partial charge in [0.1, 0.15) is 0 Å². The summed E-state index contributed by atoms with van der Waals surface area (Å²) < 4.78 is 0. The third-order valence-electron chi connectivity index (χ3n) is 8.08. The van der Waals surface area contributed by atoms with Gasteiger partial charge in [0.2, 0.25) is 5.91 Å². The minimum atomic E-state index is -0.818. The maximum Gasteiger partial charge on any atom is 0.238 e. The molecule has 5 nitrogen and oxygen atoms in total. The summed E-state index contributed by atoms with van der Waals surface area (Å²) in [5.41, 5.74) is 4.31. The van der Waals surface area contributed by atoms with E-state index in [0.29, 0.717) is 22.3 Å². The number of pyridine rings is 1. The molecule has 31 heavy (non-hydrogen) atoms. The maximum absolute atomic E-state index is 13.9. The van der Waals surface area contributed by atoms with Crippen LogP contribution in [0.1, 0.15) is 56.1 Å². The topological polar surface area (TPSA) is 67.8 Å². The van der Waals surface area contributed by atoms with Crippen LogP contribution < -0.4 is 5.32 Å². The Kier molecular flexibility index (Phi) is 4.26. The first-order chi connectivity index (χ1) is 14.5. The first-order valence-corrected chi connectivity index (χ1v) is 11.2. The van der Waals surface area contributed by atoms with Gasteiger partial charge in [0.15, 0.2) is 5.82 Å². The molecule has 0 saturated heterocycles. The second-order valence-corrected chi connectivity index (χ2v) is 10.5. The van der Waals surface area contributed by atoms with Crippen molar-refractivity contribution in [2.75, 3.05) is 5.32 Å². The monoisotopic (exact) mass is 454 g/mol. The standard InChI is InChI=1S/C24H24Cl2N4O/c1-12-8-16-17(9-13(12)2)29-19-18(28-16)23(5)6-7-24(19,22(23,3)4)21(31)30-20-15(26)10-14(25)11-27-20/h8-11H,6-7H2,1-5H3,(H,27,30,31). The Bertz CT molecular complexity index is 1290. The Balaban J connectivity index is 1.71. The van der Waals surface area contributed by atoms with Gasteiger partial charge >= 0.3 is 0 Å². The summed E-state index contributed by atoms with van der Waals surface area (Å²) in [5, 5.41) is 3.70. The van der Waals surface area contributed by atoms with Crippen molar-refractivity contribution >= 4 is 46.0 Å². The summed E-state index contributed by atoms with van der Waals surface area (Å²) in [6.45, 7) is 10.7. The SMILES string of the molecule is Cc1cc2nc3c(nc2cc1C)C1(C(=O)Nc2ncc(Cl)cc2Cl)CCC3(C)C1(C)C. The van der Waals surface area contributed by atoms with Gasteiger partial charge in [-0.15, -0.1) is 0 Å². The van der Waals surface area contributed by atoms with Crippen LogP contribution >= 0.6 is 23.2 Å². The summed E-state index contributed by atoms with van der Waals surface area (Å²) in [5.74, 6) is 0.165. The fourth-order valence-electron chi connectivity index (χ4n) is 5.58. The lowest BCUT2D eigenvalue weighted by Gasteiger charge is -2.39. The fraction of sp³-hybridized carbons (Fsp3) is 0.417. The lowest BCUT2D eigenvalue weighted by atomic mass is 9.63. The highest BCUT2D eigenvalue weighted by Crippen LogP contribution is 2.70. The molecule has 5 rings (SSSR count). The van der Waals surface area contributed by atoms with Gasteiger partial charge in [-0.2, -0.15) is 0 Å². The molecule has 2 aromatic heterocycles. The zero-order valence-electron chi connectivity index (χ0n) is 18.2. The Labute approximate surface area is 191 Å². The minimum absolute atomic E-state index is 0.144. The third-order valence-corrected chi connectivity index (χ3v) is 8.58. The van der Waals surface area contributed by atoms with Gasteiger partial charge in [0.25, 0.3) is 0 Å². The normalized spacial score (nSPS) is 25.6. The van der Waals surface area contributed by atoms with Crippen LogP contribution in [-0.2, 0) is 15.6 Å². The molecular formula is C24H24Cl2N4O. The molecule has 1 saturated carbocycles. The van der Waals surface area contributed by atoms with Gasteiger partial charge in [0.05, 0.1) is 37.9 Å². The Hall–Kier alpha value is -2.24. The first kappa shape index (κ1) is 20.7. The number of halogens is 2. The van der Waals surface area contributed by atoms with E-state index < -0.39 is 5.41 Å². The van der Waals surface area contributed by atoms with Crippen LogP contribution in [0.4, 0.5) is 5.82 Å². The highest BCUT2D eigenvalue weighted by molar-refractivity contribution is 6.36. The van der Waals surface area contributed by atoms with Crippen molar-refractivity contribution in [1.82, 2.24) is 15.0 Å². The predicted molar refractivity (Wildman–Crippen MR) is 124 cm³/mol. The lowest BCUT2D eigenvalue weighted by Crippen LogP contribution is -2.48. The van der Waals surface area contributed by atoms with E-state index in [1.165, 1.54) is 11.8 Å². The van der Waals surface area contributed by atoms with E-state index in [9.17, 15) is 4.79 Å². The number of hydrogen-bond acceptors (Lipinski definition) is 4. The zero-order valence-corrected chi connectivity index (χ0v) is 19.7. The minimum Gasteiger partial charge on any atom is -0.309 e. The molecule has 0 spiro atoms. The van der Waals surface area contributed by atoms with Gasteiger partial charge in [0, 0.05) is 11.6 Å². The van der Waals surface area contributed by atoms with Gasteiger partial charge < -0.3 is 5.32 Å². The number of fused-ring (bicyclic) bond motifs is 6. The summed E-state index contributed by atoms with van der Waals surface area (Å²) >= 11 is 12.3. The molecule has 2 unspecified atom stereocenters. The van der Waals surface area contributed by atoms with E-state index in [4.69, 9.17) is 33.2 Å². The van der Waals surface area contributed by atoms with Crippen molar-refractivity contribution in [2.45, 2.75) is 58.3 Å². The second-order valence-electron chi connectivity index (χ2n) is 9.65. The number of aryl methyl sites for hydroxylation is 2. The van der Waals surface area contributed by atoms with Crippen molar-refractivity contribution < 1.29 is 4.79 Å². The van der Waals surface area contributed by atoms with Gasteiger partial charge in [-0.1, -0.05) is 44.0 Å². The molecule has 1 N–H and O–H groups in total. The van der Waals surface area contributed by atoms with Crippen LogP contribution in [-0.4, -0.2) is 20.9 Å². The smallest absolute Gasteiger partial charge is 0.238 e. The van der Waals surface area contributed by atoms with Crippen LogP contribution in [0.25, 0.3) is 11.0 Å². The predicted octanol–water partition coefficient (Wildman–Crippen LogP) is 5.92. The molecule has 0 radical (unpaired) electrons. The lowest BCUT2D eigenvalue weighted by molar-refractivity contribution is -0.125. The fourth-order valence-corrected chi connectivity index (χ4v) is 6.01. The second kappa shape index (κ2) is 6.39. The Morgan fingerprint density at radius 1 is 0.968 bits per heavy atom. The van der Waals surface area contributed by atoms with Crippen LogP contribution in [0.3, 0.4) is 0 Å². The van der Waals surface area contributed by atoms with Crippen LogP contribution in [0.2, 0.25) is 10.0 Å². The van der Waals surface area contributed by atoms with Crippen molar-refractivity contribution in [3.63, 3.8) is 0 Å². The van der Waals surface area contributed by atoms with Crippen molar-refractivity contribution in [3.05, 3.63) is 57.0 Å². The Morgan fingerprint density at radius 3 is 2.19 bits per heavy atom. The molecule has 1 amide bonds. The first-order valence-electron chi connectivity index (χ1n) is 10.4. The highest BCUT2D eigenvalue weighted by atomic mass is 35.5. The number of amides is 1. The van der Waals surface area contributed by atoms with Crippen molar-refractivity contribution in [1.29, 1.82) is 0 Å². The molecule has 1 aromatic carbocycles. The molecule has 2 atom stereocenters. The average molecular weight is 455 g/mol.